The Kier molecular flexibility index (Phi) is 3.01. The van der Waals surface area contributed by atoms with Crippen molar-refractivity contribution in [2.24, 2.45) is 4.99 Å². The smallest absolute Gasteiger partial charge is 0.256 e. The summed E-state index contributed by atoms with van der Waals surface area (Å²) in [6.45, 7) is 4.06. The summed E-state index contributed by atoms with van der Waals surface area (Å²) in [7, 11) is 0. The highest BCUT2D eigenvalue weighted by molar-refractivity contribution is 6.05. The predicted octanol–water partition coefficient (Wildman–Crippen LogP) is 2.09. The maximum absolute atomic E-state index is 12.1. The molecule has 1 amide bonds. The van der Waals surface area contributed by atoms with Crippen molar-refractivity contribution in [1.82, 2.24) is 10.6 Å². The van der Waals surface area contributed by atoms with Crippen LogP contribution >= 0.6 is 0 Å². The van der Waals surface area contributed by atoms with E-state index in [4.69, 9.17) is 0 Å². The Bertz CT molecular complexity index is 532. The lowest BCUT2D eigenvalue weighted by atomic mass is 9.97. The lowest BCUT2D eigenvalue weighted by Gasteiger charge is -2.10. The average molecular weight is 257 g/mol. The van der Waals surface area contributed by atoms with Crippen LogP contribution in [-0.4, -0.2) is 17.9 Å². The zero-order valence-corrected chi connectivity index (χ0v) is 11.3. The Hall–Kier alpha value is -1.84. The molecule has 0 spiro atoms. The van der Waals surface area contributed by atoms with Crippen LogP contribution in [0.3, 0.4) is 0 Å². The van der Waals surface area contributed by atoms with E-state index in [0.29, 0.717) is 11.9 Å². The van der Waals surface area contributed by atoms with Crippen molar-refractivity contribution >= 4 is 11.9 Å². The van der Waals surface area contributed by atoms with Crippen molar-refractivity contribution in [2.75, 3.05) is 0 Å². The van der Waals surface area contributed by atoms with E-state index in [1.165, 1.54) is 18.4 Å². The molecule has 0 bridgehead atoms. The van der Waals surface area contributed by atoms with Crippen LogP contribution in [0.2, 0.25) is 0 Å². The first-order chi connectivity index (χ1) is 9.15. The van der Waals surface area contributed by atoms with Gasteiger partial charge in [-0.2, -0.15) is 0 Å². The van der Waals surface area contributed by atoms with Crippen molar-refractivity contribution in [1.29, 1.82) is 0 Å². The van der Waals surface area contributed by atoms with Gasteiger partial charge in [-0.15, -0.1) is 0 Å². The van der Waals surface area contributed by atoms with Gasteiger partial charge in [0, 0.05) is 6.04 Å². The third-order valence-corrected chi connectivity index (χ3v) is 3.48. The zero-order chi connectivity index (χ0) is 13.4. The lowest BCUT2D eigenvalue weighted by molar-refractivity contribution is -0.120. The number of nitrogens with zero attached hydrogens (tertiary/aromatic N) is 1. The second-order valence-electron chi connectivity index (χ2n) is 5.57. The van der Waals surface area contributed by atoms with Crippen molar-refractivity contribution in [2.45, 2.75) is 44.7 Å². The van der Waals surface area contributed by atoms with Crippen LogP contribution in [0.25, 0.3) is 0 Å². The van der Waals surface area contributed by atoms with Crippen molar-refractivity contribution in [3.63, 3.8) is 0 Å². The van der Waals surface area contributed by atoms with Crippen LogP contribution in [0.15, 0.2) is 29.3 Å². The quantitative estimate of drug-likeness (QED) is 0.871. The molecule has 19 heavy (non-hydrogen) atoms. The number of carbonyl (C=O) groups excluding carboxylic acids is 1. The van der Waals surface area contributed by atoms with Gasteiger partial charge in [0.1, 0.15) is 0 Å². The lowest BCUT2D eigenvalue weighted by Crippen LogP contribution is -2.40. The Labute approximate surface area is 113 Å². The topological polar surface area (TPSA) is 53.5 Å². The SMILES string of the molecule is CC(C)NC1=NC(c2ccccc2C2CC2)C(=O)N1. The molecule has 100 valence electrons. The average Bonchev–Trinajstić information content (AvgIpc) is 3.14. The van der Waals surface area contributed by atoms with Crippen LogP contribution in [0, 0.1) is 0 Å². The van der Waals surface area contributed by atoms with E-state index >= 15 is 0 Å². The van der Waals surface area contributed by atoms with E-state index in [1.54, 1.807) is 0 Å². The first-order valence-electron chi connectivity index (χ1n) is 6.89. The Morgan fingerprint density at radius 2 is 1.95 bits per heavy atom. The van der Waals surface area contributed by atoms with Gasteiger partial charge in [0.15, 0.2) is 12.0 Å². The Morgan fingerprint density at radius 1 is 1.26 bits per heavy atom. The van der Waals surface area contributed by atoms with Crippen LogP contribution in [0.1, 0.15) is 49.8 Å². The van der Waals surface area contributed by atoms with Crippen LogP contribution in [0.5, 0.6) is 0 Å². The third-order valence-electron chi connectivity index (χ3n) is 3.48. The molecule has 1 heterocycles. The minimum Gasteiger partial charge on any atom is -0.354 e. The maximum Gasteiger partial charge on any atom is 0.256 e. The second-order valence-corrected chi connectivity index (χ2v) is 5.57. The fraction of sp³-hybridized carbons (Fsp3) is 0.467. The normalized spacial score (nSPS) is 22.4. The number of benzene rings is 1. The molecule has 2 N–H and O–H groups in total. The van der Waals surface area contributed by atoms with E-state index in [0.717, 1.165) is 5.56 Å². The summed E-state index contributed by atoms with van der Waals surface area (Å²) in [5.74, 6) is 1.19. The zero-order valence-electron chi connectivity index (χ0n) is 11.3. The Balaban J connectivity index is 1.89. The molecule has 1 saturated carbocycles. The van der Waals surface area contributed by atoms with Gasteiger partial charge in [-0.3, -0.25) is 10.1 Å². The molecule has 0 radical (unpaired) electrons. The van der Waals surface area contributed by atoms with Crippen LogP contribution in [-0.2, 0) is 4.79 Å². The van der Waals surface area contributed by atoms with Gasteiger partial charge in [0.2, 0.25) is 0 Å². The van der Waals surface area contributed by atoms with Gasteiger partial charge in [-0.25, -0.2) is 4.99 Å². The molecule has 1 unspecified atom stereocenters. The number of hydrogen-bond donors (Lipinski definition) is 2. The maximum atomic E-state index is 12.1. The van der Waals surface area contributed by atoms with Gasteiger partial charge in [0.05, 0.1) is 0 Å². The third kappa shape index (κ3) is 2.48. The first-order valence-corrected chi connectivity index (χ1v) is 6.89. The van der Waals surface area contributed by atoms with Gasteiger partial charge >= 0.3 is 0 Å². The highest BCUT2D eigenvalue weighted by Gasteiger charge is 2.33. The minimum atomic E-state index is -0.391. The number of amides is 1. The van der Waals surface area contributed by atoms with Gasteiger partial charge in [-0.1, -0.05) is 24.3 Å². The monoisotopic (exact) mass is 257 g/mol. The molecule has 1 fully saturated rings. The molecular weight excluding hydrogens is 238 g/mol. The molecule has 2 aliphatic rings. The predicted molar refractivity (Wildman–Crippen MR) is 75.0 cm³/mol. The van der Waals surface area contributed by atoms with E-state index in [9.17, 15) is 4.79 Å². The highest BCUT2D eigenvalue weighted by Crippen LogP contribution is 2.43. The summed E-state index contributed by atoms with van der Waals surface area (Å²) in [5, 5.41) is 5.97. The molecule has 1 aliphatic carbocycles. The molecule has 0 aromatic heterocycles. The number of carbonyl (C=O) groups is 1. The number of nitrogens with one attached hydrogen (secondary N) is 2. The molecule has 1 aliphatic heterocycles. The second kappa shape index (κ2) is 4.68. The van der Waals surface area contributed by atoms with E-state index in [2.05, 4.69) is 21.7 Å². The summed E-state index contributed by atoms with van der Waals surface area (Å²) in [4.78, 5) is 16.6. The summed E-state index contributed by atoms with van der Waals surface area (Å²) >= 11 is 0. The molecule has 4 nitrogen and oxygen atoms in total. The number of guanidine groups is 1. The molecule has 0 saturated heterocycles. The number of rotatable bonds is 3. The van der Waals surface area contributed by atoms with Gasteiger partial charge < -0.3 is 5.32 Å². The van der Waals surface area contributed by atoms with Crippen molar-refractivity contribution in [3.05, 3.63) is 35.4 Å². The molecular formula is C15H19N3O. The summed E-state index contributed by atoms with van der Waals surface area (Å²) < 4.78 is 0. The van der Waals surface area contributed by atoms with Crippen LogP contribution < -0.4 is 10.6 Å². The Morgan fingerprint density at radius 3 is 2.58 bits per heavy atom. The fourth-order valence-corrected chi connectivity index (χ4v) is 2.49. The minimum absolute atomic E-state index is 0.0312. The molecule has 3 rings (SSSR count). The molecule has 1 aromatic carbocycles. The summed E-state index contributed by atoms with van der Waals surface area (Å²) in [6.07, 6.45) is 2.46. The van der Waals surface area contributed by atoms with E-state index < -0.39 is 6.04 Å². The molecule has 1 atom stereocenters. The highest BCUT2D eigenvalue weighted by atomic mass is 16.2. The standard InChI is InChI=1S/C15H19N3O/c1-9(2)16-15-17-13(14(19)18-15)12-6-4-3-5-11(12)10-7-8-10/h3-6,9-10,13H,7-8H2,1-2H3,(H2,16,17,18,19). The van der Waals surface area contributed by atoms with Gasteiger partial charge in [-0.05, 0) is 43.7 Å². The van der Waals surface area contributed by atoms with E-state index in [1.807, 2.05) is 32.0 Å². The number of hydrogen-bond acceptors (Lipinski definition) is 3. The summed E-state index contributed by atoms with van der Waals surface area (Å²) in [6, 6.07) is 8.05. The van der Waals surface area contributed by atoms with Crippen LogP contribution in [0.4, 0.5) is 0 Å². The van der Waals surface area contributed by atoms with Gasteiger partial charge in [0.25, 0.3) is 5.91 Å². The first kappa shape index (κ1) is 12.2. The van der Waals surface area contributed by atoms with Crippen molar-refractivity contribution in [3.8, 4) is 0 Å². The van der Waals surface area contributed by atoms with Crippen molar-refractivity contribution < 1.29 is 4.79 Å². The number of aliphatic imine (C=N–C) groups is 1. The van der Waals surface area contributed by atoms with E-state index in [-0.39, 0.29) is 11.9 Å². The molecule has 1 aromatic rings. The summed E-state index contributed by atoms with van der Waals surface area (Å²) in [5.41, 5.74) is 2.35. The largest absolute Gasteiger partial charge is 0.354 e. The fourth-order valence-electron chi connectivity index (χ4n) is 2.49. The molecule has 4 heteroatoms.